The van der Waals surface area contributed by atoms with E-state index in [4.69, 9.17) is 4.74 Å². The third-order valence-corrected chi connectivity index (χ3v) is 4.18. The van der Waals surface area contributed by atoms with Crippen molar-refractivity contribution in [3.63, 3.8) is 0 Å². The van der Waals surface area contributed by atoms with Crippen LogP contribution in [-0.4, -0.2) is 11.9 Å². The molecular weight excluding hydrogens is 212 g/mol. The van der Waals surface area contributed by atoms with E-state index in [2.05, 4.69) is 25.1 Å². The Morgan fingerprint density at radius 1 is 1.47 bits per heavy atom. The summed E-state index contributed by atoms with van der Waals surface area (Å²) in [6.45, 7) is 3.82. The van der Waals surface area contributed by atoms with Gasteiger partial charge >= 0.3 is 0 Å². The lowest BCUT2D eigenvalue weighted by Crippen LogP contribution is -2.23. The van der Waals surface area contributed by atoms with E-state index in [9.17, 15) is 4.79 Å². The summed E-state index contributed by atoms with van der Waals surface area (Å²) < 4.78 is 5.94. The highest BCUT2D eigenvalue weighted by atomic mass is 16.5. The van der Waals surface area contributed by atoms with E-state index >= 15 is 0 Å². The molecule has 1 unspecified atom stereocenters. The van der Waals surface area contributed by atoms with Gasteiger partial charge in [0.05, 0.1) is 0 Å². The average molecular weight is 230 g/mol. The fourth-order valence-electron chi connectivity index (χ4n) is 2.85. The van der Waals surface area contributed by atoms with Crippen molar-refractivity contribution < 1.29 is 9.53 Å². The van der Waals surface area contributed by atoms with Crippen LogP contribution >= 0.6 is 0 Å². The minimum Gasteiger partial charge on any atom is -0.490 e. The lowest BCUT2D eigenvalue weighted by molar-refractivity contribution is -0.122. The average Bonchev–Trinajstić information content (AvgIpc) is 2.93. The number of carbonyl (C=O) groups excluding carboxylic acids is 1. The van der Waals surface area contributed by atoms with Crippen molar-refractivity contribution in [3.05, 3.63) is 29.3 Å². The molecule has 0 amide bonds. The molecule has 17 heavy (non-hydrogen) atoms. The molecule has 0 spiro atoms. The molecule has 2 nitrogen and oxygen atoms in total. The van der Waals surface area contributed by atoms with Crippen LogP contribution in [-0.2, 0) is 11.2 Å². The van der Waals surface area contributed by atoms with Crippen LogP contribution in [0.2, 0.25) is 0 Å². The molecule has 1 aliphatic carbocycles. The second-order valence-corrected chi connectivity index (χ2v) is 5.60. The molecule has 1 heterocycles. The Hall–Kier alpha value is -1.31. The van der Waals surface area contributed by atoms with Crippen molar-refractivity contribution in [2.75, 3.05) is 0 Å². The van der Waals surface area contributed by atoms with Gasteiger partial charge in [-0.3, -0.25) is 4.79 Å². The van der Waals surface area contributed by atoms with Crippen molar-refractivity contribution >= 4 is 5.78 Å². The lowest BCUT2D eigenvalue weighted by atomic mass is 9.92. The number of aryl methyl sites for hydroxylation is 1. The van der Waals surface area contributed by atoms with Crippen LogP contribution in [0.15, 0.2) is 18.2 Å². The van der Waals surface area contributed by atoms with E-state index in [0.29, 0.717) is 5.78 Å². The van der Waals surface area contributed by atoms with E-state index in [-0.39, 0.29) is 11.5 Å². The molecule has 3 rings (SSSR count). The van der Waals surface area contributed by atoms with Gasteiger partial charge in [0.15, 0.2) is 0 Å². The Kier molecular flexibility index (Phi) is 2.29. The van der Waals surface area contributed by atoms with Gasteiger partial charge in [0.1, 0.15) is 17.6 Å². The second-order valence-electron chi connectivity index (χ2n) is 5.60. The van der Waals surface area contributed by atoms with Crippen LogP contribution in [0.4, 0.5) is 0 Å². The van der Waals surface area contributed by atoms with Gasteiger partial charge in [0.25, 0.3) is 0 Å². The van der Waals surface area contributed by atoms with E-state index in [0.717, 1.165) is 31.4 Å². The molecule has 1 atom stereocenters. The van der Waals surface area contributed by atoms with Crippen molar-refractivity contribution in [1.29, 1.82) is 0 Å². The molecule has 0 saturated heterocycles. The van der Waals surface area contributed by atoms with Gasteiger partial charge in [-0.1, -0.05) is 17.7 Å². The molecule has 2 aliphatic rings. The molecule has 0 radical (unpaired) electrons. The van der Waals surface area contributed by atoms with Crippen LogP contribution in [0.5, 0.6) is 5.75 Å². The molecule has 0 bridgehead atoms. The summed E-state index contributed by atoms with van der Waals surface area (Å²) >= 11 is 0. The number of rotatable bonds is 3. The first-order valence-corrected chi connectivity index (χ1v) is 6.36. The first kappa shape index (κ1) is 10.8. The van der Waals surface area contributed by atoms with Gasteiger partial charge < -0.3 is 4.74 Å². The Morgan fingerprint density at radius 3 is 2.88 bits per heavy atom. The third kappa shape index (κ3) is 1.86. The molecule has 1 fully saturated rings. The summed E-state index contributed by atoms with van der Waals surface area (Å²) in [7, 11) is 0. The summed E-state index contributed by atoms with van der Waals surface area (Å²) in [5, 5.41) is 0. The number of ketones is 1. The van der Waals surface area contributed by atoms with Crippen LogP contribution in [0.25, 0.3) is 0 Å². The maximum atomic E-state index is 11.6. The van der Waals surface area contributed by atoms with Crippen LogP contribution in [0, 0.1) is 12.3 Å². The fraction of sp³-hybridized carbons (Fsp3) is 0.533. The normalized spacial score (nSPS) is 24.0. The largest absolute Gasteiger partial charge is 0.490 e. The van der Waals surface area contributed by atoms with Crippen molar-refractivity contribution in [2.45, 2.75) is 45.6 Å². The molecule has 1 aromatic rings. The topological polar surface area (TPSA) is 26.3 Å². The first-order chi connectivity index (χ1) is 8.09. The predicted octanol–water partition coefficient (Wildman–Crippen LogP) is 3.06. The zero-order valence-electron chi connectivity index (χ0n) is 10.5. The standard InChI is InChI=1S/C15H18O2/c1-10-3-4-14-12(7-10)8-13(17-14)9-15(5-6-15)11(2)16/h3-4,7,13H,5-6,8-9H2,1-2H3. The zero-order valence-corrected chi connectivity index (χ0v) is 10.5. The highest BCUT2D eigenvalue weighted by Gasteiger charge is 2.49. The van der Waals surface area contributed by atoms with E-state index in [1.807, 2.05) is 0 Å². The van der Waals surface area contributed by atoms with Gasteiger partial charge in [0, 0.05) is 11.8 Å². The van der Waals surface area contributed by atoms with Gasteiger partial charge in [-0.25, -0.2) is 0 Å². The number of carbonyl (C=O) groups is 1. The van der Waals surface area contributed by atoms with Crippen molar-refractivity contribution in [3.8, 4) is 5.75 Å². The minimum absolute atomic E-state index is 0.0399. The highest BCUT2D eigenvalue weighted by Crippen LogP contribution is 2.51. The number of benzene rings is 1. The smallest absolute Gasteiger partial charge is 0.136 e. The quantitative estimate of drug-likeness (QED) is 0.797. The molecule has 90 valence electrons. The Morgan fingerprint density at radius 2 is 2.24 bits per heavy atom. The van der Waals surface area contributed by atoms with Gasteiger partial charge in [-0.2, -0.15) is 0 Å². The van der Waals surface area contributed by atoms with Crippen LogP contribution < -0.4 is 4.74 Å². The summed E-state index contributed by atoms with van der Waals surface area (Å²) in [6.07, 6.45) is 4.18. The first-order valence-electron chi connectivity index (χ1n) is 6.36. The highest BCUT2D eigenvalue weighted by molar-refractivity contribution is 5.85. The van der Waals surface area contributed by atoms with Gasteiger partial charge in [-0.15, -0.1) is 0 Å². The number of Topliss-reactive ketones (excluding diaryl/α,β-unsaturated/α-hetero) is 1. The van der Waals surface area contributed by atoms with Crippen LogP contribution in [0.1, 0.15) is 37.3 Å². The molecule has 0 aromatic heterocycles. The lowest BCUT2D eigenvalue weighted by Gasteiger charge is -2.16. The number of hydrogen-bond acceptors (Lipinski definition) is 2. The molecule has 1 aromatic carbocycles. The number of hydrogen-bond donors (Lipinski definition) is 0. The maximum absolute atomic E-state index is 11.6. The molecular formula is C15H18O2. The molecule has 2 heteroatoms. The molecule has 1 saturated carbocycles. The summed E-state index contributed by atoms with van der Waals surface area (Å²) in [5.74, 6) is 1.35. The van der Waals surface area contributed by atoms with E-state index < -0.39 is 0 Å². The Bertz CT molecular complexity index is 472. The second kappa shape index (κ2) is 3.59. The van der Waals surface area contributed by atoms with Gasteiger partial charge in [-0.05, 0) is 44.7 Å². The van der Waals surface area contributed by atoms with Crippen LogP contribution in [0.3, 0.4) is 0 Å². The molecule has 1 aliphatic heterocycles. The Balaban J connectivity index is 1.72. The van der Waals surface area contributed by atoms with E-state index in [1.165, 1.54) is 11.1 Å². The van der Waals surface area contributed by atoms with E-state index in [1.54, 1.807) is 6.92 Å². The third-order valence-electron chi connectivity index (χ3n) is 4.18. The number of ether oxygens (including phenoxy) is 1. The minimum atomic E-state index is -0.0399. The Labute approximate surface area is 102 Å². The SMILES string of the molecule is CC(=O)C1(CC2Cc3cc(C)ccc3O2)CC1. The summed E-state index contributed by atoms with van der Waals surface area (Å²) in [5.41, 5.74) is 2.54. The van der Waals surface area contributed by atoms with Crippen molar-refractivity contribution in [1.82, 2.24) is 0 Å². The predicted molar refractivity (Wildman–Crippen MR) is 66.3 cm³/mol. The fourth-order valence-corrected chi connectivity index (χ4v) is 2.85. The zero-order chi connectivity index (χ0) is 12.0. The molecule has 0 N–H and O–H groups in total. The maximum Gasteiger partial charge on any atom is 0.136 e. The summed E-state index contributed by atoms with van der Waals surface area (Å²) in [6, 6.07) is 6.33. The monoisotopic (exact) mass is 230 g/mol. The summed E-state index contributed by atoms with van der Waals surface area (Å²) in [4.78, 5) is 11.6. The van der Waals surface area contributed by atoms with Crippen molar-refractivity contribution in [2.24, 2.45) is 5.41 Å². The number of fused-ring (bicyclic) bond motifs is 1. The van der Waals surface area contributed by atoms with Gasteiger partial charge in [0.2, 0.25) is 0 Å².